The summed E-state index contributed by atoms with van der Waals surface area (Å²) < 4.78 is 5.32. The summed E-state index contributed by atoms with van der Waals surface area (Å²) in [5.74, 6) is 0. The molecule has 0 amide bonds. The van der Waals surface area contributed by atoms with Crippen LogP contribution in [0.25, 0.3) is 0 Å². The molecule has 1 N–H and O–H groups in total. The Balaban J connectivity index is 2.14. The number of hydrogen-bond acceptors (Lipinski definition) is 3. The highest BCUT2D eigenvalue weighted by atomic mass is 16.5. The van der Waals surface area contributed by atoms with E-state index in [0.29, 0.717) is 18.7 Å². The molecule has 0 saturated carbocycles. The molecule has 3 nitrogen and oxygen atoms in total. The molecule has 0 aromatic heterocycles. The molecule has 0 aliphatic carbocycles. The predicted molar refractivity (Wildman–Crippen MR) is 80.7 cm³/mol. The third-order valence-electron chi connectivity index (χ3n) is 3.87. The van der Waals surface area contributed by atoms with Crippen molar-refractivity contribution >= 4 is 5.69 Å². The minimum atomic E-state index is 0.590. The van der Waals surface area contributed by atoms with Crippen molar-refractivity contribution in [3.63, 3.8) is 0 Å². The summed E-state index contributed by atoms with van der Waals surface area (Å²) in [4.78, 5) is 2.52. The molecule has 1 aliphatic heterocycles. The van der Waals surface area contributed by atoms with E-state index in [2.05, 4.69) is 48.3 Å². The van der Waals surface area contributed by atoms with Crippen molar-refractivity contribution in [2.45, 2.75) is 45.4 Å². The molecule has 2 unspecified atom stereocenters. The fraction of sp³-hybridized carbons (Fsp3) is 0.625. The monoisotopic (exact) mass is 262 g/mol. The summed E-state index contributed by atoms with van der Waals surface area (Å²) in [6.07, 6.45) is 2.37. The van der Waals surface area contributed by atoms with Gasteiger partial charge in [0.1, 0.15) is 0 Å². The van der Waals surface area contributed by atoms with E-state index in [1.165, 1.54) is 24.1 Å². The maximum atomic E-state index is 5.32. The van der Waals surface area contributed by atoms with E-state index in [1.807, 2.05) is 0 Å². The van der Waals surface area contributed by atoms with Gasteiger partial charge in [0.05, 0.1) is 6.61 Å². The van der Waals surface area contributed by atoms with Gasteiger partial charge in [-0.3, -0.25) is 0 Å². The number of rotatable bonds is 3. The van der Waals surface area contributed by atoms with Crippen molar-refractivity contribution < 1.29 is 4.74 Å². The van der Waals surface area contributed by atoms with E-state index in [1.54, 1.807) is 7.11 Å². The van der Waals surface area contributed by atoms with Gasteiger partial charge in [0.2, 0.25) is 0 Å². The summed E-state index contributed by atoms with van der Waals surface area (Å²) in [5, 5.41) is 3.64. The van der Waals surface area contributed by atoms with Crippen LogP contribution in [0.1, 0.15) is 32.3 Å². The molecule has 1 saturated heterocycles. The van der Waals surface area contributed by atoms with E-state index < -0.39 is 0 Å². The van der Waals surface area contributed by atoms with Gasteiger partial charge in [-0.15, -0.1) is 0 Å². The van der Waals surface area contributed by atoms with Gasteiger partial charge in [0, 0.05) is 43.5 Å². The maximum Gasteiger partial charge on any atom is 0.0733 e. The molecule has 3 heteroatoms. The van der Waals surface area contributed by atoms with E-state index in [0.717, 1.165) is 13.1 Å². The lowest BCUT2D eigenvalue weighted by Gasteiger charge is -2.33. The predicted octanol–water partition coefficient (Wildman–Crippen LogP) is 2.80. The van der Waals surface area contributed by atoms with E-state index in [9.17, 15) is 0 Å². The molecule has 0 spiro atoms. The summed E-state index contributed by atoms with van der Waals surface area (Å²) in [7, 11) is 1.76. The number of para-hydroxylation sites is 1. The Hall–Kier alpha value is -1.06. The Bertz CT molecular complexity index is 382. The summed E-state index contributed by atoms with van der Waals surface area (Å²) in [5.41, 5.74) is 2.63. The van der Waals surface area contributed by atoms with Crippen molar-refractivity contribution in [3.05, 3.63) is 29.8 Å². The Morgan fingerprint density at radius 1 is 1.16 bits per heavy atom. The smallest absolute Gasteiger partial charge is 0.0733 e. The van der Waals surface area contributed by atoms with Crippen LogP contribution in [0.15, 0.2) is 24.3 Å². The van der Waals surface area contributed by atoms with Crippen molar-refractivity contribution in [2.75, 3.05) is 25.1 Å². The lowest BCUT2D eigenvalue weighted by atomic mass is 10.1. The average molecular weight is 262 g/mol. The van der Waals surface area contributed by atoms with Crippen LogP contribution in [0, 0.1) is 0 Å². The molecule has 0 radical (unpaired) electrons. The quantitative estimate of drug-likeness (QED) is 0.906. The van der Waals surface area contributed by atoms with Crippen LogP contribution >= 0.6 is 0 Å². The molecule has 2 atom stereocenters. The summed E-state index contributed by atoms with van der Waals surface area (Å²) in [6.45, 7) is 7.47. The van der Waals surface area contributed by atoms with Crippen molar-refractivity contribution in [1.82, 2.24) is 5.32 Å². The minimum Gasteiger partial charge on any atom is -0.380 e. The first-order chi connectivity index (χ1) is 9.20. The standard InChI is InChI=1S/C16H26N2O/c1-13-8-10-18(11-9-14(2)17-13)16-7-5-4-6-15(16)12-19-3/h4-7,13-14,17H,8-12H2,1-3H3. The van der Waals surface area contributed by atoms with Gasteiger partial charge in [-0.2, -0.15) is 0 Å². The van der Waals surface area contributed by atoms with Gasteiger partial charge in [0.25, 0.3) is 0 Å². The number of benzene rings is 1. The van der Waals surface area contributed by atoms with Crippen LogP contribution in [0.4, 0.5) is 5.69 Å². The lowest BCUT2D eigenvalue weighted by molar-refractivity contribution is 0.185. The summed E-state index contributed by atoms with van der Waals surface area (Å²) >= 11 is 0. The normalized spacial score (nSPS) is 24.9. The minimum absolute atomic E-state index is 0.590. The Morgan fingerprint density at radius 3 is 2.42 bits per heavy atom. The van der Waals surface area contributed by atoms with Crippen LogP contribution < -0.4 is 10.2 Å². The van der Waals surface area contributed by atoms with Crippen LogP contribution in [0.5, 0.6) is 0 Å². The third kappa shape index (κ3) is 3.95. The molecule has 2 rings (SSSR count). The molecule has 1 aromatic carbocycles. The first kappa shape index (κ1) is 14.4. The highest BCUT2D eigenvalue weighted by Gasteiger charge is 2.17. The fourth-order valence-electron chi connectivity index (χ4n) is 2.80. The maximum absolute atomic E-state index is 5.32. The molecule has 1 heterocycles. The van der Waals surface area contributed by atoms with Crippen molar-refractivity contribution in [3.8, 4) is 0 Å². The Kier molecular flexibility index (Phi) is 5.23. The molecule has 1 aromatic rings. The van der Waals surface area contributed by atoms with Gasteiger partial charge in [-0.1, -0.05) is 18.2 Å². The first-order valence-corrected chi connectivity index (χ1v) is 7.28. The number of methoxy groups -OCH3 is 1. The molecule has 1 fully saturated rings. The van der Waals surface area contributed by atoms with Crippen molar-refractivity contribution in [1.29, 1.82) is 0 Å². The zero-order valence-corrected chi connectivity index (χ0v) is 12.4. The van der Waals surface area contributed by atoms with Crippen LogP contribution in [-0.2, 0) is 11.3 Å². The number of hydrogen-bond donors (Lipinski definition) is 1. The molecule has 19 heavy (non-hydrogen) atoms. The number of nitrogens with one attached hydrogen (secondary N) is 1. The molecular weight excluding hydrogens is 236 g/mol. The van der Waals surface area contributed by atoms with E-state index in [4.69, 9.17) is 4.74 Å². The third-order valence-corrected chi connectivity index (χ3v) is 3.87. The van der Waals surface area contributed by atoms with Crippen LogP contribution in [0.2, 0.25) is 0 Å². The second-order valence-corrected chi connectivity index (χ2v) is 5.59. The number of anilines is 1. The largest absolute Gasteiger partial charge is 0.380 e. The van der Waals surface area contributed by atoms with Crippen molar-refractivity contribution in [2.24, 2.45) is 0 Å². The first-order valence-electron chi connectivity index (χ1n) is 7.28. The Morgan fingerprint density at radius 2 is 1.79 bits per heavy atom. The van der Waals surface area contributed by atoms with Gasteiger partial charge < -0.3 is 15.0 Å². The molecule has 0 bridgehead atoms. The van der Waals surface area contributed by atoms with Gasteiger partial charge in [0.15, 0.2) is 0 Å². The van der Waals surface area contributed by atoms with E-state index in [-0.39, 0.29) is 0 Å². The van der Waals surface area contributed by atoms with Crippen LogP contribution in [0.3, 0.4) is 0 Å². The molecule has 106 valence electrons. The molecule has 1 aliphatic rings. The second-order valence-electron chi connectivity index (χ2n) is 5.59. The zero-order chi connectivity index (χ0) is 13.7. The van der Waals surface area contributed by atoms with Gasteiger partial charge in [-0.05, 0) is 32.8 Å². The SMILES string of the molecule is COCc1ccccc1N1CCC(C)NC(C)CC1. The summed E-state index contributed by atoms with van der Waals surface area (Å²) in [6, 6.07) is 9.79. The fourth-order valence-corrected chi connectivity index (χ4v) is 2.80. The second kappa shape index (κ2) is 6.92. The number of nitrogens with zero attached hydrogens (tertiary/aromatic N) is 1. The topological polar surface area (TPSA) is 24.5 Å². The van der Waals surface area contributed by atoms with E-state index >= 15 is 0 Å². The lowest BCUT2D eigenvalue weighted by Crippen LogP contribution is -2.43. The zero-order valence-electron chi connectivity index (χ0n) is 12.4. The van der Waals surface area contributed by atoms with Crippen LogP contribution in [-0.4, -0.2) is 32.3 Å². The highest BCUT2D eigenvalue weighted by Crippen LogP contribution is 2.23. The Labute approximate surface area is 116 Å². The van der Waals surface area contributed by atoms with Gasteiger partial charge >= 0.3 is 0 Å². The molecular formula is C16H26N2O. The highest BCUT2D eigenvalue weighted by molar-refractivity contribution is 5.53. The average Bonchev–Trinajstić information content (AvgIpc) is 2.38. The number of ether oxygens (including phenoxy) is 1. The van der Waals surface area contributed by atoms with Gasteiger partial charge in [-0.25, -0.2) is 0 Å².